The van der Waals surface area contributed by atoms with Gasteiger partial charge in [0.1, 0.15) is 0 Å². The van der Waals surface area contributed by atoms with Gasteiger partial charge in [-0.05, 0) is 30.5 Å². The molecule has 1 rings (SSSR count). The molecule has 100 valence electrons. The van der Waals surface area contributed by atoms with Crippen LogP contribution in [0.15, 0.2) is 12.1 Å². The highest BCUT2D eigenvalue weighted by Crippen LogP contribution is 2.27. The van der Waals surface area contributed by atoms with Crippen molar-refractivity contribution in [1.82, 2.24) is 0 Å². The fourth-order valence-electron chi connectivity index (χ4n) is 1.55. The molecule has 1 aromatic rings. The van der Waals surface area contributed by atoms with Crippen LogP contribution in [0.3, 0.4) is 0 Å². The maximum atomic E-state index is 13.1. The standard InChI is InChI=1S/C12H14ClF2NO2/c1-18-12(17)4-2-3-11(16)7-5-9(14)10(15)6-8(7)13/h5-6,11H,2-4,16H2,1H3. The van der Waals surface area contributed by atoms with Crippen LogP contribution in [0.25, 0.3) is 0 Å². The Bertz CT molecular complexity index is 440. The molecule has 18 heavy (non-hydrogen) atoms. The van der Waals surface area contributed by atoms with Crippen LogP contribution < -0.4 is 5.73 Å². The summed E-state index contributed by atoms with van der Waals surface area (Å²) in [6, 6.07) is 1.34. The van der Waals surface area contributed by atoms with Gasteiger partial charge in [0.15, 0.2) is 11.6 Å². The van der Waals surface area contributed by atoms with E-state index in [1.165, 1.54) is 7.11 Å². The number of nitrogens with two attached hydrogens (primary N) is 1. The number of benzene rings is 1. The van der Waals surface area contributed by atoms with Crippen molar-refractivity contribution in [1.29, 1.82) is 0 Å². The van der Waals surface area contributed by atoms with Crippen molar-refractivity contribution in [2.24, 2.45) is 5.73 Å². The molecule has 1 aromatic carbocycles. The number of ether oxygens (including phenoxy) is 1. The highest BCUT2D eigenvalue weighted by atomic mass is 35.5. The monoisotopic (exact) mass is 277 g/mol. The minimum atomic E-state index is -1.01. The number of hydrogen-bond acceptors (Lipinski definition) is 3. The van der Waals surface area contributed by atoms with Crippen LogP contribution in [-0.2, 0) is 9.53 Å². The number of carbonyl (C=O) groups excluding carboxylic acids is 1. The predicted octanol–water partition coefficient (Wildman–Crippen LogP) is 2.96. The van der Waals surface area contributed by atoms with Crippen molar-refractivity contribution in [3.63, 3.8) is 0 Å². The van der Waals surface area contributed by atoms with Crippen LogP contribution in [0, 0.1) is 11.6 Å². The lowest BCUT2D eigenvalue weighted by Crippen LogP contribution is -2.12. The zero-order chi connectivity index (χ0) is 13.7. The Hall–Kier alpha value is -1.20. The Morgan fingerprint density at radius 2 is 2.06 bits per heavy atom. The van der Waals surface area contributed by atoms with Gasteiger partial charge in [0, 0.05) is 17.5 Å². The molecule has 6 heteroatoms. The van der Waals surface area contributed by atoms with Crippen molar-refractivity contribution in [3.05, 3.63) is 34.4 Å². The summed E-state index contributed by atoms with van der Waals surface area (Å²) in [6.07, 6.45) is 1.15. The van der Waals surface area contributed by atoms with Gasteiger partial charge in [-0.25, -0.2) is 8.78 Å². The molecule has 0 bridgehead atoms. The second-order valence-corrected chi connectivity index (χ2v) is 4.27. The quantitative estimate of drug-likeness (QED) is 0.665. The zero-order valence-electron chi connectivity index (χ0n) is 9.88. The maximum absolute atomic E-state index is 13.1. The van der Waals surface area contributed by atoms with Gasteiger partial charge in [-0.1, -0.05) is 11.6 Å². The molecule has 0 aliphatic heterocycles. The first-order valence-corrected chi connectivity index (χ1v) is 5.80. The molecule has 0 saturated carbocycles. The first kappa shape index (κ1) is 14.9. The lowest BCUT2D eigenvalue weighted by molar-refractivity contribution is -0.140. The number of rotatable bonds is 5. The Kier molecular flexibility index (Phi) is 5.50. The highest BCUT2D eigenvalue weighted by Gasteiger charge is 2.15. The molecule has 0 amide bonds. The fourth-order valence-corrected chi connectivity index (χ4v) is 1.84. The van der Waals surface area contributed by atoms with Crippen LogP contribution >= 0.6 is 11.6 Å². The minimum Gasteiger partial charge on any atom is -0.469 e. The summed E-state index contributed by atoms with van der Waals surface area (Å²) in [5.41, 5.74) is 6.15. The van der Waals surface area contributed by atoms with Crippen LogP contribution in [0.4, 0.5) is 8.78 Å². The van der Waals surface area contributed by atoms with E-state index in [9.17, 15) is 13.6 Å². The van der Waals surface area contributed by atoms with E-state index in [0.717, 1.165) is 12.1 Å². The number of carbonyl (C=O) groups is 1. The van der Waals surface area contributed by atoms with E-state index >= 15 is 0 Å². The van der Waals surface area contributed by atoms with Crippen molar-refractivity contribution in [2.75, 3.05) is 7.11 Å². The van der Waals surface area contributed by atoms with Crippen molar-refractivity contribution in [3.8, 4) is 0 Å². The summed E-state index contributed by atoms with van der Waals surface area (Å²) >= 11 is 5.79. The average molecular weight is 278 g/mol. The van der Waals surface area contributed by atoms with E-state index in [4.69, 9.17) is 17.3 Å². The van der Waals surface area contributed by atoms with Crippen LogP contribution in [0.5, 0.6) is 0 Å². The van der Waals surface area contributed by atoms with E-state index in [1.54, 1.807) is 0 Å². The summed E-state index contributed by atoms with van der Waals surface area (Å²) in [6.45, 7) is 0. The topological polar surface area (TPSA) is 52.3 Å². The van der Waals surface area contributed by atoms with E-state index in [1.807, 2.05) is 0 Å². The maximum Gasteiger partial charge on any atom is 0.305 e. The Balaban J connectivity index is 2.64. The Labute approximate surface area is 109 Å². The van der Waals surface area contributed by atoms with Gasteiger partial charge in [-0.15, -0.1) is 0 Å². The van der Waals surface area contributed by atoms with E-state index in [0.29, 0.717) is 18.4 Å². The van der Waals surface area contributed by atoms with Gasteiger partial charge in [0.25, 0.3) is 0 Å². The van der Waals surface area contributed by atoms with E-state index in [2.05, 4.69) is 4.74 Å². The summed E-state index contributed by atoms with van der Waals surface area (Å²) < 4.78 is 30.4. The normalized spacial score (nSPS) is 12.3. The molecule has 0 saturated heterocycles. The molecule has 0 aromatic heterocycles. The third kappa shape index (κ3) is 3.92. The second kappa shape index (κ2) is 6.66. The van der Waals surface area contributed by atoms with Gasteiger partial charge in [0.05, 0.1) is 7.11 Å². The lowest BCUT2D eigenvalue weighted by atomic mass is 10.0. The van der Waals surface area contributed by atoms with Gasteiger partial charge in [-0.3, -0.25) is 4.79 Å². The zero-order valence-corrected chi connectivity index (χ0v) is 10.6. The van der Waals surface area contributed by atoms with E-state index in [-0.39, 0.29) is 17.4 Å². The average Bonchev–Trinajstić information content (AvgIpc) is 2.33. The molecular formula is C12H14ClF2NO2. The van der Waals surface area contributed by atoms with E-state index < -0.39 is 17.7 Å². The summed E-state index contributed by atoms with van der Waals surface area (Å²) in [5.74, 6) is -2.33. The number of esters is 1. The molecular weight excluding hydrogens is 264 g/mol. The summed E-state index contributed by atoms with van der Waals surface area (Å²) in [4.78, 5) is 10.9. The number of methoxy groups -OCH3 is 1. The van der Waals surface area contributed by atoms with Crippen molar-refractivity contribution >= 4 is 17.6 Å². The third-order valence-electron chi connectivity index (χ3n) is 2.56. The van der Waals surface area contributed by atoms with Crippen LogP contribution in [-0.4, -0.2) is 13.1 Å². The van der Waals surface area contributed by atoms with Gasteiger partial charge in [0.2, 0.25) is 0 Å². The number of halogens is 3. The molecule has 3 nitrogen and oxygen atoms in total. The molecule has 0 aliphatic carbocycles. The second-order valence-electron chi connectivity index (χ2n) is 3.86. The highest BCUT2D eigenvalue weighted by molar-refractivity contribution is 6.31. The fraction of sp³-hybridized carbons (Fsp3) is 0.417. The molecule has 2 N–H and O–H groups in total. The molecule has 1 unspecified atom stereocenters. The SMILES string of the molecule is COC(=O)CCCC(N)c1cc(F)c(F)cc1Cl. The third-order valence-corrected chi connectivity index (χ3v) is 2.89. The molecule has 0 spiro atoms. The first-order chi connectivity index (χ1) is 8.45. The molecule has 0 aliphatic rings. The van der Waals surface area contributed by atoms with Gasteiger partial charge in [-0.2, -0.15) is 0 Å². The largest absolute Gasteiger partial charge is 0.469 e. The summed E-state index contributed by atoms with van der Waals surface area (Å²) in [5, 5.41) is 0.0828. The first-order valence-electron chi connectivity index (χ1n) is 5.42. The Morgan fingerprint density at radius 3 is 2.67 bits per heavy atom. The van der Waals surface area contributed by atoms with Gasteiger partial charge < -0.3 is 10.5 Å². The lowest BCUT2D eigenvalue weighted by Gasteiger charge is -2.13. The number of hydrogen-bond donors (Lipinski definition) is 1. The van der Waals surface area contributed by atoms with Crippen molar-refractivity contribution in [2.45, 2.75) is 25.3 Å². The Morgan fingerprint density at radius 1 is 1.44 bits per heavy atom. The van der Waals surface area contributed by atoms with Crippen LogP contribution in [0.1, 0.15) is 30.9 Å². The smallest absolute Gasteiger partial charge is 0.305 e. The molecule has 1 atom stereocenters. The molecule has 0 radical (unpaired) electrons. The molecule has 0 fully saturated rings. The minimum absolute atomic E-state index is 0.0828. The summed E-state index contributed by atoms with van der Waals surface area (Å²) in [7, 11) is 1.30. The molecule has 0 heterocycles. The predicted molar refractivity (Wildman–Crippen MR) is 64.2 cm³/mol. The van der Waals surface area contributed by atoms with Gasteiger partial charge >= 0.3 is 5.97 Å². The van der Waals surface area contributed by atoms with Crippen LogP contribution in [0.2, 0.25) is 5.02 Å². The van der Waals surface area contributed by atoms with Crippen molar-refractivity contribution < 1.29 is 18.3 Å².